The van der Waals surface area contributed by atoms with Gasteiger partial charge in [0.05, 0.1) is 11.7 Å². The number of hydrogen-bond acceptors (Lipinski definition) is 4. The zero-order valence-corrected chi connectivity index (χ0v) is 22.1. The summed E-state index contributed by atoms with van der Waals surface area (Å²) in [7, 11) is 0. The van der Waals surface area contributed by atoms with Crippen molar-refractivity contribution >= 4 is 0 Å². The lowest BCUT2D eigenvalue weighted by atomic mass is 9.75. The summed E-state index contributed by atoms with van der Waals surface area (Å²) in [4.78, 5) is 7.67. The average molecular weight is 475 g/mol. The van der Waals surface area contributed by atoms with Crippen LogP contribution in [0.2, 0.25) is 0 Å². The molecule has 2 atom stereocenters. The molecule has 1 saturated carbocycles. The second-order valence-electron chi connectivity index (χ2n) is 12.1. The zero-order valence-electron chi connectivity index (χ0n) is 22.1. The monoisotopic (exact) mass is 474 g/mol. The molecule has 190 valence electrons. The first-order chi connectivity index (χ1) is 17.1. The van der Waals surface area contributed by atoms with Crippen LogP contribution in [0.25, 0.3) is 0 Å². The van der Waals surface area contributed by atoms with Crippen LogP contribution in [0.4, 0.5) is 0 Å². The van der Waals surface area contributed by atoms with Crippen LogP contribution >= 0.6 is 0 Å². The predicted molar refractivity (Wildman–Crippen MR) is 146 cm³/mol. The molecule has 2 aromatic rings. The van der Waals surface area contributed by atoms with Gasteiger partial charge >= 0.3 is 0 Å². The van der Waals surface area contributed by atoms with Crippen molar-refractivity contribution in [3.05, 3.63) is 65.0 Å². The van der Waals surface area contributed by atoms with Crippen molar-refractivity contribution in [1.82, 2.24) is 20.5 Å². The molecule has 5 rings (SSSR count). The van der Waals surface area contributed by atoms with Gasteiger partial charge < -0.3 is 10.6 Å². The maximum atomic E-state index is 4.89. The molecule has 4 heteroatoms. The molecule has 1 aromatic heterocycles. The molecule has 1 fully saturated rings. The SMILES string of the molecule is CC1(C)CCC(NCCCCN(C[C@H]2Cc3ccccc3CN2)[C@H]2CCCc3cccnc32)CC1. The molecule has 0 saturated heterocycles. The average Bonchev–Trinajstić information content (AvgIpc) is 2.88. The largest absolute Gasteiger partial charge is 0.314 e. The molecule has 2 aliphatic carbocycles. The van der Waals surface area contributed by atoms with Gasteiger partial charge in [-0.2, -0.15) is 0 Å². The van der Waals surface area contributed by atoms with Crippen LogP contribution < -0.4 is 10.6 Å². The van der Waals surface area contributed by atoms with Gasteiger partial charge in [0.2, 0.25) is 0 Å². The Hall–Kier alpha value is -1.75. The zero-order chi connectivity index (χ0) is 24.1. The van der Waals surface area contributed by atoms with Gasteiger partial charge in [-0.05, 0) is 105 Å². The molecule has 2 heterocycles. The molecule has 2 N–H and O–H groups in total. The first kappa shape index (κ1) is 24.9. The third kappa shape index (κ3) is 6.53. The van der Waals surface area contributed by atoms with Gasteiger partial charge in [0.1, 0.15) is 0 Å². The minimum absolute atomic E-state index is 0.465. The van der Waals surface area contributed by atoms with Gasteiger partial charge in [-0.25, -0.2) is 0 Å². The summed E-state index contributed by atoms with van der Waals surface area (Å²) in [5, 5.41) is 7.72. The Balaban J connectivity index is 1.18. The van der Waals surface area contributed by atoms with Crippen LogP contribution in [0.1, 0.15) is 93.6 Å². The van der Waals surface area contributed by atoms with Crippen LogP contribution in [0.15, 0.2) is 42.6 Å². The minimum atomic E-state index is 0.465. The maximum Gasteiger partial charge on any atom is 0.0607 e. The molecule has 4 nitrogen and oxygen atoms in total. The summed E-state index contributed by atoms with van der Waals surface area (Å²) < 4.78 is 0. The summed E-state index contributed by atoms with van der Waals surface area (Å²) in [6, 6.07) is 15.1. The number of benzene rings is 1. The van der Waals surface area contributed by atoms with E-state index in [0.29, 0.717) is 17.5 Å². The first-order valence-electron chi connectivity index (χ1n) is 14.3. The molecule has 0 spiro atoms. The third-order valence-corrected chi connectivity index (χ3v) is 8.87. The van der Waals surface area contributed by atoms with Crippen LogP contribution in [0.5, 0.6) is 0 Å². The quantitative estimate of drug-likeness (QED) is 0.450. The van der Waals surface area contributed by atoms with Gasteiger partial charge in [0.25, 0.3) is 0 Å². The van der Waals surface area contributed by atoms with Gasteiger partial charge in [-0.1, -0.05) is 44.2 Å². The van der Waals surface area contributed by atoms with Crippen molar-refractivity contribution in [2.75, 3.05) is 19.6 Å². The van der Waals surface area contributed by atoms with Crippen molar-refractivity contribution in [1.29, 1.82) is 0 Å². The van der Waals surface area contributed by atoms with E-state index in [2.05, 4.69) is 65.8 Å². The second kappa shape index (κ2) is 11.5. The van der Waals surface area contributed by atoms with Crippen LogP contribution in [0.3, 0.4) is 0 Å². The fourth-order valence-corrected chi connectivity index (χ4v) is 6.60. The Kier molecular flexibility index (Phi) is 8.21. The van der Waals surface area contributed by atoms with E-state index in [-0.39, 0.29) is 0 Å². The Morgan fingerprint density at radius 2 is 1.80 bits per heavy atom. The summed E-state index contributed by atoms with van der Waals surface area (Å²) in [5.74, 6) is 0. The Morgan fingerprint density at radius 1 is 1.00 bits per heavy atom. The molecule has 0 bridgehead atoms. The topological polar surface area (TPSA) is 40.2 Å². The number of hydrogen-bond donors (Lipinski definition) is 2. The lowest BCUT2D eigenvalue weighted by Gasteiger charge is -2.38. The summed E-state index contributed by atoms with van der Waals surface area (Å²) >= 11 is 0. The van der Waals surface area contributed by atoms with Crippen molar-refractivity contribution in [3.63, 3.8) is 0 Å². The highest BCUT2D eigenvalue weighted by molar-refractivity contribution is 5.30. The van der Waals surface area contributed by atoms with E-state index in [9.17, 15) is 0 Å². The van der Waals surface area contributed by atoms with Gasteiger partial charge in [0.15, 0.2) is 0 Å². The molecule has 0 unspecified atom stereocenters. The van der Waals surface area contributed by atoms with Crippen molar-refractivity contribution in [2.45, 2.75) is 103 Å². The van der Waals surface area contributed by atoms with E-state index in [4.69, 9.17) is 4.98 Å². The third-order valence-electron chi connectivity index (χ3n) is 8.87. The molecular weight excluding hydrogens is 428 g/mol. The molecule has 1 aliphatic heterocycles. The van der Waals surface area contributed by atoms with Gasteiger partial charge in [-0.3, -0.25) is 9.88 Å². The smallest absolute Gasteiger partial charge is 0.0607 e. The summed E-state index contributed by atoms with van der Waals surface area (Å²) in [5.41, 5.74) is 6.36. The Bertz CT molecular complexity index is 945. The predicted octanol–water partition coefficient (Wildman–Crippen LogP) is 5.81. The number of nitrogens with one attached hydrogen (secondary N) is 2. The summed E-state index contributed by atoms with van der Waals surface area (Å²) in [6.45, 7) is 9.29. The lowest BCUT2D eigenvalue weighted by molar-refractivity contribution is 0.150. The summed E-state index contributed by atoms with van der Waals surface area (Å²) in [6.07, 6.45) is 14.8. The van der Waals surface area contributed by atoms with Crippen LogP contribution in [-0.2, 0) is 19.4 Å². The Morgan fingerprint density at radius 3 is 2.66 bits per heavy atom. The number of rotatable bonds is 9. The second-order valence-corrected chi connectivity index (χ2v) is 12.1. The number of nitrogens with zero attached hydrogens (tertiary/aromatic N) is 2. The fraction of sp³-hybridized carbons (Fsp3) is 0.645. The van der Waals surface area contributed by atoms with Crippen molar-refractivity contribution < 1.29 is 0 Å². The first-order valence-corrected chi connectivity index (χ1v) is 14.3. The van der Waals surface area contributed by atoms with Crippen molar-refractivity contribution in [2.24, 2.45) is 5.41 Å². The fourth-order valence-electron chi connectivity index (χ4n) is 6.60. The number of unbranched alkanes of at least 4 members (excludes halogenated alkanes) is 1. The van der Waals surface area contributed by atoms with Gasteiger partial charge in [0, 0.05) is 31.4 Å². The lowest BCUT2D eigenvalue weighted by Crippen LogP contribution is -2.46. The van der Waals surface area contributed by atoms with E-state index >= 15 is 0 Å². The number of fused-ring (bicyclic) bond motifs is 2. The molecule has 0 radical (unpaired) electrons. The highest BCUT2D eigenvalue weighted by Crippen LogP contribution is 2.35. The minimum Gasteiger partial charge on any atom is -0.314 e. The van der Waals surface area contributed by atoms with E-state index < -0.39 is 0 Å². The normalized spacial score (nSPS) is 24.2. The highest BCUT2D eigenvalue weighted by Gasteiger charge is 2.30. The van der Waals surface area contributed by atoms with Crippen LogP contribution in [-0.4, -0.2) is 41.6 Å². The van der Waals surface area contributed by atoms with Gasteiger partial charge in [-0.15, -0.1) is 0 Å². The molecule has 1 aromatic carbocycles. The van der Waals surface area contributed by atoms with E-state index in [1.54, 1.807) is 0 Å². The Labute approximate surface area is 213 Å². The van der Waals surface area contributed by atoms with E-state index in [1.165, 1.54) is 86.7 Å². The number of pyridine rings is 1. The number of aromatic nitrogens is 1. The standard InChI is InChI=1S/C31H46N4/c1-31(2)16-14-27(15-17-31)32-18-5-6-20-35(29-13-7-11-24-12-8-19-33-30(24)29)23-28-21-25-9-3-4-10-26(25)22-34-28/h3-4,8-10,12,19,27-29,32,34H,5-7,11,13-18,20-23H2,1-2H3/t28-,29+/m1/s1. The van der Waals surface area contributed by atoms with E-state index in [1.807, 2.05) is 6.20 Å². The molecule has 3 aliphatic rings. The molecule has 35 heavy (non-hydrogen) atoms. The maximum absolute atomic E-state index is 4.89. The molecule has 0 amide bonds. The number of aryl methyl sites for hydroxylation is 1. The van der Waals surface area contributed by atoms with E-state index in [0.717, 1.165) is 32.1 Å². The van der Waals surface area contributed by atoms with Crippen molar-refractivity contribution in [3.8, 4) is 0 Å². The highest BCUT2D eigenvalue weighted by atomic mass is 15.2. The molecular formula is C31H46N4. The van der Waals surface area contributed by atoms with Crippen LogP contribution in [0, 0.1) is 5.41 Å².